The topological polar surface area (TPSA) is 29.1 Å². The highest BCUT2D eigenvalue weighted by Crippen LogP contribution is 2.11. The van der Waals surface area contributed by atoms with Crippen molar-refractivity contribution in [3.63, 3.8) is 0 Å². The Morgan fingerprint density at radius 3 is 2.00 bits per heavy atom. The summed E-state index contributed by atoms with van der Waals surface area (Å²) in [4.78, 5) is 0. The molecule has 3 heteroatoms. The molecule has 0 saturated carbocycles. The molecule has 0 unspecified atom stereocenters. The van der Waals surface area contributed by atoms with Crippen molar-refractivity contribution in [3.8, 4) is 0 Å². The molecule has 0 saturated heterocycles. The van der Waals surface area contributed by atoms with Gasteiger partial charge in [0.25, 0.3) is 0 Å². The van der Waals surface area contributed by atoms with Gasteiger partial charge in [-0.25, -0.2) is 8.93 Å². The lowest BCUT2D eigenvalue weighted by Crippen LogP contribution is -2.38. The lowest BCUT2D eigenvalue weighted by atomic mass is 10.1. The van der Waals surface area contributed by atoms with E-state index in [0.29, 0.717) is 12.0 Å². The lowest BCUT2D eigenvalue weighted by Gasteiger charge is -2.22. The van der Waals surface area contributed by atoms with E-state index in [1.54, 1.807) is 0 Å². The summed E-state index contributed by atoms with van der Waals surface area (Å²) in [6, 6.07) is 0.333. The third-order valence-electron chi connectivity index (χ3n) is 1.69. The van der Waals surface area contributed by atoms with Gasteiger partial charge in [0, 0.05) is 6.04 Å². The molecule has 2 atom stereocenters. The second kappa shape index (κ2) is 5.11. The standard InChI is InChI=1S/C10H23NOS/c1-8(2)7-9(3)11-13(12)10(4,5)6/h8-9,11H,7H2,1-6H3/t9-,13-/m1/s1. The Balaban J connectivity index is 3.93. The van der Waals surface area contributed by atoms with Crippen molar-refractivity contribution in [1.82, 2.24) is 4.72 Å². The van der Waals surface area contributed by atoms with Crippen LogP contribution in [0.3, 0.4) is 0 Å². The molecule has 0 rings (SSSR count). The summed E-state index contributed by atoms with van der Waals surface area (Å²) in [5, 5.41) is 0. The fourth-order valence-electron chi connectivity index (χ4n) is 1.11. The van der Waals surface area contributed by atoms with Crippen LogP contribution in [0.1, 0.15) is 48.0 Å². The minimum atomic E-state index is -0.934. The number of hydrogen-bond donors (Lipinski definition) is 1. The minimum absolute atomic E-state index is 0.161. The Labute approximate surface area is 85.1 Å². The molecule has 0 heterocycles. The molecular weight excluding hydrogens is 182 g/mol. The molecule has 0 bridgehead atoms. The highest BCUT2D eigenvalue weighted by atomic mass is 32.2. The molecule has 0 aromatic heterocycles. The second-order valence-corrected chi connectivity index (χ2v) is 7.03. The molecule has 0 amide bonds. The van der Waals surface area contributed by atoms with Crippen LogP contribution in [0.5, 0.6) is 0 Å². The summed E-state index contributed by atoms with van der Waals surface area (Å²) in [5.74, 6) is 0.652. The molecular formula is C10H23NOS. The Morgan fingerprint density at radius 1 is 1.23 bits per heavy atom. The maximum absolute atomic E-state index is 11.7. The van der Waals surface area contributed by atoms with E-state index in [9.17, 15) is 4.21 Å². The monoisotopic (exact) mass is 205 g/mol. The van der Waals surface area contributed by atoms with Crippen LogP contribution >= 0.6 is 0 Å². The van der Waals surface area contributed by atoms with Crippen molar-refractivity contribution < 1.29 is 4.21 Å². The van der Waals surface area contributed by atoms with Gasteiger partial charge in [-0.1, -0.05) is 13.8 Å². The number of nitrogens with one attached hydrogen (secondary N) is 1. The summed E-state index contributed by atoms with van der Waals surface area (Å²) < 4.78 is 14.6. The quantitative estimate of drug-likeness (QED) is 0.750. The van der Waals surface area contributed by atoms with Crippen molar-refractivity contribution in [2.75, 3.05) is 0 Å². The second-order valence-electron chi connectivity index (χ2n) is 5.03. The lowest BCUT2D eigenvalue weighted by molar-refractivity contribution is 0.491. The first-order valence-electron chi connectivity index (χ1n) is 4.91. The van der Waals surface area contributed by atoms with Crippen molar-refractivity contribution in [2.24, 2.45) is 5.92 Å². The molecule has 0 aromatic carbocycles. The summed E-state index contributed by atoms with van der Waals surface area (Å²) in [6.45, 7) is 12.4. The van der Waals surface area contributed by atoms with Crippen LogP contribution in [0.15, 0.2) is 0 Å². The van der Waals surface area contributed by atoms with Crippen molar-refractivity contribution >= 4 is 11.0 Å². The molecule has 0 aliphatic rings. The average Bonchev–Trinajstić information content (AvgIpc) is 1.82. The Kier molecular flexibility index (Phi) is 5.15. The Hall–Kier alpha value is 0.110. The molecule has 13 heavy (non-hydrogen) atoms. The maximum Gasteiger partial charge on any atom is 0.0972 e. The first-order chi connectivity index (χ1) is 5.73. The third-order valence-corrected chi connectivity index (χ3v) is 3.42. The zero-order valence-corrected chi connectivity index (χ0v) is 10.5. The van der Waals surface area contributed by atoms with Crippen LogP contribution in [0.2, 0.25) is 0 Å². The van der Waals surface area contributed by atoms with Gasteiger partial charge >= 0.3 is 0 Å². The van der Waals surface area contributed by atoms with Crippen molar-refractivity contribution in [3.05, 3.63) is 0 Å². The molecule has 0 aliphatic carbocycles. The number of rotatable bonds is 4. The van der Waals surface area contributed by atoms with E-state index in [1.807, 2.05) is 20.8 Å². The Morgan fingerprint density at radius 2 is 1.69 bits per heavy atom. The molecule has 0 aliphatic heterocycles. The SMILES string of the molecule is CC(C)C[C@@H](C)N[S@](=O)C(C)(C)C. The van der Waals surface area contributed by atoms with Crippen molar-refractivity contribution in [2.45, 2.75) is 58.8 Å². The average molecular weight is 205 g/mol. The van der Waals surface area contributed by atoms with Crippen LogP contribution in [-0.2, 0) is 11.0 Å². The van der Waals surface area contributed by atoms with Gasteiger partial charge in [-0.2, -0.15) is 0 Å². The van der Waals surface area contributed by atoms with Gasteiger partial charge in [-0.15, -0.1) is 0 Å². The predicted molar refractivity (Wildman–Crippen MR) is 59.9 cm³/mol. The molecule has 0 radical (unpaired) electrons. The van der Waals surface area contributed by atoms with Gasteiger partial charge in [-0.3, -0.25) is 0 Å². The molecule has 0 aromatic rings. The molecule has 0 spiro atoms. The zero-order chi connectivity index (χ0) is 10.6. The highest BCUT2D eigenvalue weighted by Gasteiger charge is 2.21. The van der Waals surface area contributed by atoms with Gasteiger partial charge in [0.15, 0.2) is 0 Å². The van der Waals surface area contributed by atoms with E-state index in [0.717, 1.165) is 6.42 Å². The van der Waals surface area contributed by atoms with Gasteiger partial charge in [0.2, 0.25) is 0 Å². The van der Waals surface area contributed by atoms with E-state index >= 15 is 0 Å². The maximum atomic E-state index is 11.7. The fourth-order valence-corrected chi connectivity index (χ4v) is 1.93. The predicted octanol–water partition coefficient (Wildman–Crippen LogP) is 2.47. The first kappa shape index (κ1) is 13.1. The number of hydrogen-bond acceptors (Lipinski definition) is 1. The van der Waals surface area contributed by atoms with E-state index in [-0.39, 0.29) is 4.75 Å². The third kappa shape index (κ3) is 6.22. The molecule has 80 valence electrons. The van der Waals surface area contributed by atoms with E-state index in [4.69, 9.17) is 0 Å². The first-order valence-corrected chi connectivity index (χ1v) is 6.06. The van der Waals surface area contributed by atoms with Crippen LogP contribution in [0, 0.1) is 5.92 Å². The summed E-state index contributed by atoms with van der Waals surface area (Å²) in [7, 11) is -0.934. The van der Waals surface area contributed by atoms with Gasteiger partial charge < -0.3 is 0 Å². The normalized spacial score (nSPS) is 17.5. The zero-order valence-electron chi connectivity index (χ0n) is 9.68. The van der Waals surface area contributed by atoms with Crippen LogP contribution < -0.4 is 4.72 Å². The summed E-state index contributed by atoms with van der Waals surface area (Å²) >= 11 is 0. The van der Waals surface area contributed by atoms with Crippen LogP contribution in [0.4, 0.5) is 0 Å². The van der Waals surface area contributed by atoms with Crippen LogP contribution in [0.25, 0.3) is 0 Å². The fraction of sp³-hybridized carbons (Fsp3) is 1.00. The largest absolute Gasteiger partial charge is 0.242 e. The summed E-state index contributed by atoms with van der Waals surface area (Å²) in [6.07, 6.45) is 1.07. The van der Waals surface area contributed by atoms with Gasteiger partial charge in [0.1, 0.15) is 0 Å². The van der Waals surface area contributed by atoms with Gasteiger partial charge in [0.05, 0.1) is 15.7 Å². The summed E-state index contributed by atoms with van der Waals surface area (Å²) in [5.41, 5.74) is 0. The van der Waals surface area contributed by atoms with E-state index in [2.05, 4.69) is 25.5 Å². The van der Waals surface area contributed by atoms with Crippen molar-refractivity contribution in [1.29, 1.82) is 0 Å². The Bertz CT molecular complexity index is 172. The van der Waals surface area contributed by atoms with Gasteiger partial charge in [-0.05, 0) is 40.0 Å². The molecule has 1 N–H and O–H groups in total. The molecule has 2 nitrogen and oxygen atoms in total. The van der Waals surface area contributed by atoms with E-state index < -0.39 is 11.0 Å². The smallest absolute Gasteiger partial charge is 0.0972 e. The minimum Gasteiger partial charge on any atom is -0.242 e. The van der Waals surface area contributed by atoms with E-state index in [1.165, 1.54) is 0 Å². The molecule has 0 fully saturated rings. The van der Waals surface area contributed by atoms with Crippen LogP contribution in [-0.4, -0.2) is 15.0 Å². The highest BCUT2D eigenvalue weighted by molar-refractivity contribution is 7.84.